The highest BCUT2D eigenvalue weighted by molar-refractivity contribution is 7.91. The number of ketones is 1. The number of halogens is 1. The lowest BCUT2D eigenvalue weighted by Crippen LogP contribution is -2.06. The number of hydrogen-bond acceptors (Lipinski definition) is 6. The van der Waals surface area contributed by atoms with E-state index in [-0.39, 0.29) is 28.0 Å². The highest BCUT2D eigenvalue weighted by Gasteiger charge is 2.26. The van der Waals surface area contributed by atoms with E-state index in [1.807, 2.05) is 13.0 Å². The predicted octanol–water partition coefficient (Wildman–Crippen LogP) is 5.02. The van der Waals surface area contributed by atoms with E-state index < -0.39 is 15.7 Å². The average molecular weight is 480 g/mol. The largest absolute Gasteiger partial charge is 0.437 e. The van der Waals surface area contributed by atoms with Crippen LogP contribution in [-0.4, -0.2) is 35.1 Å². The molecular formula is C25H22FN3O4S. The Bertz CT molecular complexity index is 1540. The second-order valence-electron chi connectivity index (χ2n) is 8.66. The van der Waals surface area contributed by atoms with Crippen LogP contribution in [0, 0.1) is 18.7 Å². The monoisotopic (exact) mass is 479 g/mol. The van der Waals surface area contributed by atoms with Gasteiger partial charge in [-0.1, -0.05) is 18.2 Å². The molecule has 174 valence electrons. The normalized spacial score (nSPS) is 13.9. The van der Waals surface area contributed by atoms with E-state index in [9.17, 15) is 17.6 Å². The molecule has 5 rings (SSSR count). The average Bonchev–Trinajstić information content (AvgIpc) is 3.48. The minimum atomic E-state index is -3.68. The molecule has 0 amide bonds. The van der Waals surface area contributed by atoms with E-state index in [0.29, 0.717) is 23.6 Å². The maximum absolute atomic E-state index is 13.6. The van der Waals surface area contributed by atoms with Crippen molar-refractivity contribution in [3.05, 3.63) is 71.7 Å². The Balaban J connectivity index is 1.59. The maximum Gasteiger partial charge on any atom is 0.238 e. The first-order valence-electron chi connectivity index (χ1n) is 10.9. The number of aromatic nitrogens is 3. The molecule has 1 aliphatic rings. The van der Waals surface area contributed by atoms with Crippen molar-refractivity contribution in [1.82, 2.24) is 14.6 Å². The van der Waals surface area contributed by atoms with Gasteiger partial charge in [-0.05, 0) is 49.4 Å². The van der Waals surface area contributed by atoms with Crippen LogP contribution in [0.5, 0.6) is 11.6 Å². The van der Waals surface area contributed by atoms with E-state index in [1.165, 1.54) is 35.0 Å². The van der Waals surface area contributed by atoms with Crippen molar-refractivity contribution in [3.8, 4) is 22.9 Å². The fourth-order valence-corrected chi connectivity index (χ4v) is 4.71. The second kappa shape index (κ2) is 8.32. The summed E-state index contributed by atoms with van der Waals surface area (Å²) in [6, 6.07) is 12.2. The number of carbonyl (C=O) groups excluding carboxylic acids is 1. The summed E-state index contributed by atoms with van der Waals surface area (Å²) in [6.07, 6.45) is 5.39. The van der Waals surface area contributed by atoms with E-state index in [2.05, 4.69) is 10.1 Å². The molecule has 0 bridgehead atoms. The smallest absolute Gasteiger partial charge is 0.238 e. The standard InChI is InChI=1S/C25H22FN3O4S/c1-15-10-17(8-9-20(15)22(30)11-16-6-7-16)21-14-27-25-23(34(2,31)32)13-24(28-29(21)25)33-19-5-3-4-18(26)12-19/h3-5,8-10,12-14,16H,6-7,11H2,1-2H3. The molecule has 7 nitrogen and oxygen atoms in total. The number of rotatable bonds is 7. The lowest BCUT2D eigenvalue weighted by atomic mass is 9.98. The zero-order valence-electron chi connectivity index (χ0n) is 18.7. The lowest BCUT2D eigenvalue weighted by molar-refractivity contribution is 0.0975. The zero-order chi connectivity index (χ0) is 24.0. The van der Waals surface area contributed by atoms with Crippen LogP contribution in [0.3, 0.4) is 0 Å². The molecule has 0 spiro atoms. The number of hydrogen-bond donors (Lipinski definition) is 0. The van der Waals surface area contributed by atoms with Crippen LogP contribution in [-0.2, 0) is 9.84 Å². The molecular weight excluding hydrogens is 457 g/mol. The number of Topliss-reactive ketones (excluding diaryl/α,β-unsaturated/α-hetero) is 1. The summed E-state index contributed by atoms with van der Waals surface area (Å²) in [5.41, 5.74) is 2.92. The van der Waals surface area contributed by atoms with Gasteiger partial charge in [0.25, 0.3) is 0 Å². The van der Waals surface area contributed by atoms with Gasteiger partial charge in [-0.3, -0.25) is 4.79 Å². The number of fused-ring (bicyclic) bond motifs is 1. The number of carbonyl (C=O) groups is 1. The van der Waals surface area contributed by atoms with Gasteiger partial charge in [0.15, 0.2) is 21.3 Å². The van der Waals surface area contributed by atoms with Gasteiger partial charge in [-0.15, -0.1) is 5.10 Å². The summed E-state index contributed by atoms with van der Waals surface area (Å²) >= 11 is 0. The van der Waals surface area contributed by atoms with Crippen molar-refractivity contribution in [2.75, 3.05) is 6.26 Å². The third kappa shape index (κ3) is 4.43. The number of aryl methyl sites for hydroxylation is 1. The summed E-state index contributed by atoms with van der Waals surface area (Å²) < 4.78 is 45.6. The Morgan fingerprint density at radius 1 is 1.18 bits per heavy atom. The topological polar surface area (TPSA) is 90.6 Å². The molecule has 0 radical (unpaired) electrons. The predicted molar refractivity (Wildman–Crippen MR) is 124 cm³/mol. The molecule has 0 unspecified atom stereocenters. The van der Waals surface area contributed by atoms with Crippen LogP contribution >= 0.6 is 0 Å². The van der Waals surface area contributed by atoms with Crippen molar-refractivity contribution in [1.29, 1.82) is 0 Å². The fraction of sp³-hybridized carbons (Fsp3) is 0.240. The number of ether oxygens (including phenoxy) is 1. The Hall–Kier alpha value is -3.59. The van der Waals surface area contributed by atoms with Gasteiger partial charge in [0.2, 0.25) is 5.88 Å². The molecule has 2 aromatic carbocycles. The third-order valence-corrected chi connectivity index (χ3v) is 6.92. The van der Waals surface area contributed by atoms with Crippen molar-refractivity contribution in [2.24, 2.45) is 5.92 Å². The highest BCUT2D eigenvalue weighted by Crippen LogP contribution is 2.34. The Labute approximate surface area is 196 Å². The molecule has 9 heteroatoms. The van der Waals surface area contributed by atoms with Crippen molar-refractivity contribution in [2.45, 2.75) is 31.1 Å². The molecule has 1 saturated carbocycles. The van der Waals surface area contributed by atoms with Crippen LogP contribution in [0.15, 0.2) is 59.6 Å². The number of imidazole rings is 1. The van der Waals surface area contributed by atoms with Gasteiger partial charge in [0, 0.05) is 35.9 Å². The SMILES string of the molecule is Cc1cc(-c2cnc3c(S(C)(=O)=O)cc(Oc4cccc(F)c4)nn23)ccc1C(=O)CC1CC1. The van der Waals surface area contributed by atoms with Crippen molar-refractivity contribution in [3.63, 3.8) is 0 Å². The maximum atomic E-state index is 13.6. The van der Waals surface area contributed by atoms with Gasteiger partial charge in [-0.2, -0.15) is 0 Å². The van der Waals surface area contributed by atoms with E-state index in [4.69, 9.17) is 4.74 Å². The highest BCUT2D eigenvalue weighted by atomic mass is 32.2. The van der Waals surface area contributed by atoms with Crippen molar-refractivity contribution >= 4 is 21.3 Å². The summed E-state index contributed by atoms with van der Waals surface area (Å²) in [5, 5.41) is 4.42. The van der Waals surface area contributed by atoms with Crippen LogP contribution in [0.25, 0.3) is 16.9 Å². The zero-order valence-corrected chi connectivity index (χ0v) is 19.5. The minimum absolute atomic E-state index is 0.0225. The Morgan fingerprint density at radius 2 is 1.97 bits per heavy atom. The molecule has 4 aromatic rings. The van der Waals surface area contributed by atoms with Gasteiger partial charge in [0.1, 0.15) is 16.5 Å². The number of sulfone groups is 1. The van der Waals surface area contributed by atoms with Crippen LogP contribution < -0.4 is 4.74 Å². The Kier molecular flexibility index (Phi) is 5.44. The first-order chi connectivity index (χ1) is 16.2. The van der Waals surface area contributed by atoms with Crippen LogP contribution in [0.4, 0.5) is 4.39 Å². The molecule has 2 heterocycles. The summed E-state index contributed by atoms with van der Waals surface area (Å²) in [4.78, 5) is 16.8. The number of nitrogens with zero attached hydrogens (tertiary/aromatic N) is 3. The van der Waals surface area contributed by atoms with Gasteiger partial charge < -0.3 is 4.74 Å². The molecule has 0 atom stereocenters. The Morgan fingerprint density at radius 3 is 2.65 bits per heavy atom. The van der Waals surface area contributed by atoms with Crippen LogP contribution in [0.1, 0.15) is 35.2 Å². The number of benzene rings is 2. The minimum Gasteiger partial charge on any atom is -0.437 e. The first-order valence-corrected chi connectivity index (χ1v) is 12.7. The first kappa shape index (κ1) is 22.2. The van der Waals surface area contributed by atoms with Gasteiger partial charge in [0.05, 0.1) is 11.9 Å². The van der Waals surface area contributed by atoms with Gasteiger partial charge in [-0.25, -0.2) is 22.3 Å². The summed E-state index contributed by atoms with van der Waals surface area (Å²) in [7, 11) is -3.68. The van der Waals surface area contributed by atoms with E-state index in [0.717, 1.165) is 30.2 Å². The molecule has 34 heavy (non-hydrogen) atoms. The molecule has 1 aliphatic carbocycles. The molecule has 0 saturated heterocycles. The third-order valence-electron chi connectivity index (χ3n) is 5.82. The molecule has 2 aromatic heterocycles. The van der Waals surface area contributed by atoms with Crippen molar-refractivity contribution < 1.29 is 22.3 Å². The summed E-state index contributed by atoms with van der Waals surface area (Å²) in [6.45, 7) is 1.88. The van der Waals surface area contributed by atoms with Crippen LogP contribution in [0.2, 0.25) is 0 Å². The molecule has 0 aliphatic heterocycles. The second-order valence-corrected chi connectivity index (χ2v) is 10.6. The molecule has 0 N–H and O–H groups in total. The lowest BCUT2D eigenvalue weighted by Gasteiger charge is -2.10. The summed E-state index contributed by atoms with van der Waals surface area (Å²) in [5.74, 6) is 0.304. The van der Waals surface area contributed by atoms with E-state index >= 15 is 0 Å². The van der Waals surface area contributed by atoms with E-state index in [1.54, 1.807) is 18.2 Å². The quantitative estimate of drug-likeness (QED) is 0.346. The van der Waals surface area contributed by atoms with Gasteiger partial charge >= 0.3 is 0 Å². The molecule has 1 fully saturated rings. The fourth-order valence-electron chi connectivity index (χ4n) is 3.92.